The molecular weight excluding hydrogens is 819 g/mol. The van der Waals surface area contributed by atoms with Gasteiger partial charge in [-0.05, 0) is 82.8 Å². The number of rotatable bonds is 10. The zero-order valence-corrected chi connectivity index (χ0v) is 36.6. The van der Waals surface area contributed by atoms with E-state index in [2.05, 4.69) is 121 Å². The average molecular weight is 860 g/mol. The van der Waals surface area contributed by atoms with Gasteiger partial charge in [-0.1, -0.05) is 188 Å². The maximum Gasteiger partial charge on any atom is 0.164 e. The second-order valence-corrected chi connectivity index (χ2v) is 16.2. The van der Waals surface area contributed by atoms with Crippen LogP contribution >= 0.6 is 0 Å². The minimum Gasteiger partial charge on any atom is -0.253 e. The second kappa shape index (κ2) is 18.2. The first kappa shape index (κ1) is 40.7. The van der Waals surface area contributed by atoms with Crippen molar-refractivity contribution < 1.29 is 0 Å². The molecule has 0 saturated carbocycles. The van der Waals surface area contributed by atoms with E-state index in [9.17, 15) is 0 Å². The normalized spacial score (nSPS) is 11.1. The summed E-state index contributed by atoms with van der Waals surface area (Å²) in [5.74, 6) is 3.58. The molecule has 0 unspecified atom stereocenters. The Balaban J connectivity index is 1.06. The summed E-state index contributed by atoms with van der Waals surface area (Å²) in [5, 5.41) is 0. The molecule has 0 fully saturated rings. The quantitative estimate of drug-likeness (QED) is 0.135. The predicted molar refractivity (Wildman–Crippen MR) is 270 cm³/mol. The van der Waals surface area contributed by atoms with Crippen LogP contribution in [0.2, 0.25) is 0 Å². The summed E-state index contributed by atoms with van der Waals surface area (Å²) in [6.07, 6.45) is 0. The Hall–Kier alpha value is -9.07. The molecule has 3 aromatic heterocycles. The average Bonchev–Trinajstić information content (AvgIpc) is 3.41. The van der Waals surface area contributed by atoms with Crippen LogP contribution < -0.4 is 0 Å². The van der Waals surface area contributed by atoms with Gasteiger partial charge >= 0.3 is 0 Å². The molecule has 0 aliphatic heterocycles. The van der Waals surface area contributed by atoms with Gasteiger partial charge in [0.25, 0.3) is 0 Å². The lowest BCUT2D eigenvalue weighted by atomic mass is 9.92. The van der Waals surface area contributed by atoms with Gasteiger partial charge in [0.2, 0.25) is 0 Å². The molecule has 67 heavy (non-hydrogen) atoms. The van der Waals surface area contributed by atoms with Gasteiger partial charge in [-0.2, -0.15) is 0 Å². The summed E-state index contributed by atoms with van der Waals surface area (Å²) in [7, 11) is 0. The Morgan fingerprint density at radius 1 is 0.209 bits per heavy atom. The van der Waals surface area contributed by atoms with E-state index in [0.717, 1.165) is 83.7 Å². The van der Waals surface area contributed by atoms with Crippen LogP contribution in [0.3, 0.4) is 0 Å². The fourth-order valence-corrected chi connectivity index (χ4v) is 8.32. The summed E-state index contributed by atoms with van der Waals surface area (Å²) >= 11 is 0. The first-order chi connectivity index (χ1) is 33.1. The molecule has 7 heteroatoms. The molecule has 7 nitrogen and oxygen atoms in total. The Morgan fingerprint density at radius 2 is 0.552 bits per heavy atom. The molecule has 0 atom stereocenters. The van der Waals surface area contributed by atoms with Gasteiger partial charge in [0.1, 0.15) is 0 Å². The fraction of sp³-hybridized carbons (Fsp3) is 0.0167. The van der Waals surface area contributed by atoms with E-state index < -0.39 is 0 Å². The van der Waals surface area contributed by atoms with Crippen molar-refractivity contribution in [3.63, 3.8) is 0 Å². The molecule has 0 spiro atoms. The number of benzene rings is 8. The molecule has 11 aromatic rings. The monoisotopic (exact) mass is 859 g/mol. The lowest BCUT2D eigenvalue weighted by Gasteiger charge is -2.15. The van der Waals surface area contributed by atoms with Crippen LogP contribution in [0.1, 0.15) is 5.69 Å². The number of pyridine rings is 1. The third-order valence-corrected chi connectivity index (χ3v) is 11.6. The highest BCUT2D eigenvalue weighted by molar-refractivity contribution is 5.88. The largest absolute Gasteiger partial charge is 0.253 e. The number of hydrogen-bond donors (Lipinski definition) is 0. The molecule has 11 rings (SSSR count). The van der Waals surface area contributed by atoms with Gasteiger partial charge in [0, 0.05) is 44.6 Å². The molecule has 0 N–H and O–H groups in total. The van der Waals surface area contributed by atoms with E-state index in [0.29, 0.717) is 34.9 Å². The van der Waals surface area contributed by atoms with Crippen molar-refractivity contribution >= 4 is 0 Å². The molecule has 0 aliphatic rings. The first-order valence-corrected chi connectivity index (χ1v) is 22.2. The number of aryl methyl sites for hydroxylation is 1. The molecule has 8 aromatic carbocycles. The Kier molecular flexibility index (Phi) is 11.1. The van der Waals surface area contributed by atoms with Crippen molar-refractivity contribution in [2.75, 3.05) is 0 Å². The number of hydrogen-bond acceptors (Lipinski definition) is 7. The van der Waals surface area contributed by atoms with Gasteiger partial charge in [-0.25, -0.2) is 29.9 Å². The van der Waals surface area contributed by atoms with Crippen LogP contribution in [0.15, 0.2) is 231 Å². The molecule has 0 bridgehead atoms. The predicted octanol–water partition coefficient (Wildman–Crippen LogP) is 14.4. The second-order valence-electron chi connectivity index (χ2n) is 16.2. The minimum atomic E-state index is 0.575. The fourth-order valence-electron chi connectivity index (χ4n) is 8.32. The molecule has 0 saturated heterocycles. The van der Waals surface area contributed by atoms with Crippen LogP contribution in [0.25, 0.3) is 113 Å². The molecule has 0 radical (unpaired) electrons. The molecular formula is C60H41N7. The van der Waals surface area contributed by atoms with E-state index in [1.807, 2.05) is 116 Å². The van der Waals surface area contributed by atoms with Crippen molar-refractivity contribution in [2.45, 2.75) is 6.92 Å². The first-order valence-electron chi connectivity index (χ1n) is 22.2. The smallest absolute Gasteiger partial charge is 0.164 e. The summed E-state index contributed by atoms with van der Waals surface area (Å²) in [6.45, 7) is 2.02. The van der Waals surface area contributed by atoms with Crippen LogP contribution in [0.4, 0.5) is 0 Å². The highest BCUT2D eigenvalue weighted by Crippen LogP contribution is 2.38. The summed E-state index contributed by atoms with van der Waals surface area (Å²) < 4.78 is 0. The van der Waals surface area contributed by atoms with Gasteiger partial charge < -0.3 is 0 Å². The molecule has 0 amide bonds. The van der Waals surface area contributed by atoms with Crippen molar-refractivity contribution in [1.29, 1.82) is 0 Å². The summed E-state index contributed by atoms with van der Waals surface area (Å²) in [4.78, 5) is 35.5. The highest BCUT2D eigenvalue weighted by atomic mass is 15.0. The van der Waals surface area contributed by atoms with E-state index in [4.69, 9.17) is 34.9 Å². The SMILES string of the molecule is Cc1cccc(-c2cc(-c3cccc(-c4nc(-c5ccccc5)nc(-c5ccccc5)n4)c3)cc(-c3ccccc3-c3nc(-c4ccccc4)nc(-c4cccc(-c5ccccc5)c4)n3)c2)n1. The van der Waals surface area contributed by atoms with Crippen LogP contribution in [0, 0.1) is 6.92 Å². The summed E-state index contributed by atoms with van der Waals surface area (Å²) in [5.41, 5.74) is 14.4. The van der Waals surface area contributed by atoms with E-state index in [-0.39, 0.29) is 0 Å². The topological polar surface area (TPSA) is 90.2 Å². The third kappa shape index (κ3) is 8.77. The molecule has 316 valence electrons. The standard InChI is InChI=1S/C60H41N7/c1-40-19-16-34-54(61-40)51-38-49(46-29-18-31-48(36-46)58-63-55(42-22-8-3-9-23-42)62-56(64-58)43-24-10-4-11-25-43)37-50(39-51)52-32-14-15-33-53(52)60-66-57(44-26-12-5-13-27-44)65-59(67-60)47-30-17-28-45(35-47)41-20-6-2-7-21-41/h2-39H,1H3. The van der Waals surface area contributed by atoms with Crippen LogP contribution in [0.5, 0.6) is 0 Å². The highest BCUT2D eigenvalue weighted by Gasteiger charge is 2.19. The van der Waals surface area contributed by atoms with Gasteiger partial charge in [0.15, 0.2) is 34.9 Å². The van der Waals surface area contributed by atoms with Gasteiger partial charge in [-0.3, -0.25) is 4.98 Å². The van der Waals surface area contributed by atoms with Crippen LogP contribution in [-0.4, -0.2) is 34.9 Å². The maximum absolute atomic E-state index is 5.24. The van der Waals surface area contributed by atoms with Gasteiger partial charge in [0.05, 0.1) is 5.69 Å². The molecule has 3 heterocycles. The third-order valence-electron chi connectivity index (χ3n) is 11.6. The van der Waals surface area contributed by atoms with Crippen molar-refractivity contribution in [3.8, 4) is 113 Å². The Labute approximate surface area is 389 Å². The zero-order valence-electron chi connectivity index (χ0n) is 36.6. The van der Waals surface area contributed by atoms with E-state index in [1.54, 1.807) is 0 Å². The van der Waals surface area contributed by atoms with Crippen molar-refractivity contribution in [3.05, 3.63) is 236 Å². The number of aromatic nitrogens is 7. The number of nitrogens with zero attached hydrogens (tertiary/aromatic N) is 7. The van der Waals surface area contributed by atoms with Crippen molar-refractivity contribution in [1.82, 2.24) is 34.9 Å². The zero-order chi connectivity index (χ0) is 44.9. The van der Waals surface area contributed by atoms with E-state index in [1.165, 1.54) is 0 Å². The lowest BCUT2D eigenvalue weighted by Crippen LogP contribution is -2.01. The van der Waals surface area contributed by atoms with Crippen LogP contribution in [-0.2, 0) is 0 Å². The van der Waals surface area contributed by atoms with Crippen molar-refractivity contribution in [2.24, 2.45) is 0 Å². The van der Waals surface area contributed by atoms with Gasteiger partial charge in [-0.15, -0.1) is 0 Å². The summed E-state index contributed by atoms with van der Waals surface area (Å²) in [6, 6.07) is 78.5. The lowest BCUT2D eigenvalue weighted by molar-refractivity contribution is 1.07. The molecule has 0 aliphatic carbocycles. The Morgan fingerprint density at radius 3 is 1.06 bits per heavy atom. The Bertz CT molecular complexity index is 3470. The van der Waals surface area contributed by atoms with E-state index >= 15 is 0 Å². The minimum absolute atomic E-state index is 0.575. The maximum atomic E-state index is 5.24.